The summed E-state index contributed by atoms with van der Waals surface area (Å²) in [6.45, 7) is 4.93. The van der Waals surface area contributed by atoms with Crippen LogP contribution in [0.5, 0.6) is 0 Å². The monoisotopic (exact) mass is 276 g/mol. The molecule has 3 heterocycles. The summed E-state index contributed by atoms with van der Waals surface area (Å²) < 4.78 is 1.79. The first-order valence-electron chi connectivity index (χ1n) is 7.86. The molecule has 2 aliphatic heterocycles. The summed E-state index contributed by atoms with van der Waals surface area (Å²) in [5.41, 5.74) is 0.0687. The molecule has 1 aromatic heterocycles. The Kier molecular flexibility index (Phi) is 4.05. The van der Waals surface area contributed by atoms with E-state index in [0.717, 1.165) is 32.5 Å². The Morgan fingerprint density at radius 2 is 2.30 bits per heavy atom. The molecular formula is C15H24N4O. The molecule has 0 aromatic carbocycles. The third-order valence-electron chi connectivity index (χ3n) is 4.49. The summed E-state index contributed by atoms with van der Waals surface area (Å²) in [5, 5.41) is 3.58. The lowest BCUT2D eigenvalue weighted by Crippen LogP contribution is -2.46. The minimum Gasteiger partial charge on any atom is -0.347 e. The molecular weight excluding hydrogens is 252 g/mol. The van der Waals surface area contributed by atoms with Gasteiger partial charge in [-0.05, 0) is 38.6 Å². The third kappa shape index (κ3) is 2.46. The molecule has 5 nitrogen and oxygen atoms in total. The number of aryl methyl sites for hydroxylation is 1. The van der Waals surface area contributed by atoms with Gasteiger partial charge in [-0.2, -0.15) is 0 Å². The Balaban J connectivity index is 1.87. The highest BCUT2D eigenvalue weighted by Crippen LogP contribution is 2.27. The molecule has 110 valence electrons. The van der Waals surface area contributed by atoms with E-state index >= 15 is 0 Å². The molecule has 0 amide bonds. The Bertz CT molecular complexity index is 507. The predicted octanol–water partition coefficient (Wildman–Crippen LogP) is 1.37. The van der Waals surface area contributed by atoms with Crippen LogP contribution in [0.15, 0.2) is 17.2 Å². The lowest BCUT2D eigenvalue weighted by Gasteiger charge is -2.30. The largest absolute Gasteiger partial charge is 0.347 e. The number of nitrogens with one attached hydrogen (secondary N) is 1. The Labute approximate surface area is 120 Å². The van der Waals surface area contributed by atoms with Crippen LogP contribution in [0.3, 0.4) is 0 Å². The molecule has 2 aliphatic rings. The van der Waals surface area contributed by atoms with Crippen LogP contribution in [0.2, 0.25) is 0 Å². The summed E-state index contributed by atoms with van der Waals surface area (Å²) in [6, 6.07) is 0.966. The van der Waals surface area contributed by atoms with Gasteiger partial charge < -0.3 is 14.8 Å². The third-order valence-corrected chi connectivity index (χ3v) is 4.49. The molecule has 0 radical (unpaired) electrons. The summed E-state index contributed by atoms with van der Waals surface area (Å²) in [7, 11) is 0. The number of aromatic nitrogens is 2. The summed E-state index contributed by atoms with van der Waals surface area (Å²) in [6.07, 6.45) is 9.33. The first kappa shape index (κ1) is 13.6. The first-order valence-corrected chi connectivity index (χ1v) is 7.86. The van der Waals surface area contributed by atoms with E-state index < -0.39 is 0 Å². The van der Waals surface area contributed by atoms with Gasteiger partial charge in [-0.15, -0.1) is 0 Å². The van der Waals surface area contributed by atoms with E-state index in [1.807, 2.05) is 0 Å². The van der Waals surface area contributed by atoms with E-state index in [9.17, 15) is 4.79 Å². The number of hydrogen-bond donors (Lipinski definition) is 1. The van der Waals surface area contributed by atoms with Crippen molar-refractivity contribution in [2.24, 2.45) is 0 Å². The number of nitrogens with zero attached hydrogens (tertiary/aromatic N) is 3. The lowest BCUT2D eigenvalue weighted by molar-refractivity contribution is 0.478. The molecule has 5 heteroatoms. The van der Waals surface area contributed by atoms with Gasteiger partial charge >= 0.3 is 0 Å². The summed E-state index contributed by atoms with van der Waals surface area (Å²) >= 11 is 0. The van der Waals surface area contributed by atoms with Crippen LogP contribution in [0.4, 0.5) is 5.82 Å². The number of rotatable bonds is 4. The molecule has 1 aromatic rings. The number of hydrogen-bond acceptors (Lipinski definition) is 4. The summed E-state index contributed by atoms with van der Waals surface area (Å²) in [5.74, 6) is 0.650. The van der Waals surface area contributed by atoms with Crippen LogP contribution in [-0.2, 0) is 6.54 Å². The molecule has 20 heavy (non-hydrogen) atoms. The van der Waals surface area contributed by atoms with Crippen molar-refractivity contribution in [1.29, 1.82) is 0 Å². The van der Waals surface area contributed by atoms with Gasteiger partial charge in [0.2, 0.25) is 0 Å². The maximum Gasteiger partial charge on any atom is 0.293 e. The van der Waals surface area contributed by atoms with Crippen molar-refractivity contribution in [2.75, 3.05) is 18.0 Å². The number of anilines is 1. The fourth-order valence-corrected chi connectivity index (χ4v) is 3.56. The van der Waals surface area contributed by atoms with E-state index in [0.29, 0.717) is 17.9 Å². The second-order valence-corrected chi connectivity index (χ2v) is 5.86. The molecule has 0 aliphatic carbocycles. The fourth-order valence-electron chi connectivity index (χ4n) is 3.56. The van der Waals surface area contributed by atoms with Crippen molar-refractivity contribution < 1.29 is 0 Å². The zero-order valence-electron chi connectivity index (χ0n) is 12.2. The van der Waals surface area contributed by atoms with E-state index in [4.69, 9.17) is 0 Å². The zero-order valence-corrected chi connectivity index (χ0v) is 12.2. The lowest BCUT2D eigenvalue weighted by atomic mass is 10.0. The topological polar surface area (TPSA) is 50.2 Å². The van der Waals surface area contributed by atoms with E-state index in [1.54, 1.807) is 17.0 Å². The molecule has 2 saturated heterocycles. The molecule has 3 rings (SSSR count). The van der Waals surface area contributed by atoms with E-state index in [1.165, 1.54) is 19.3 Å². The second-order valence-electron chi connectivity index (χ2n) is 5.86. The molecule has 0 saturated carbocycles. The van der Waals surface area contributed by atoms with Crippen molar-refractivity contribution >= 4 is 5.82 Å². The van der Waals surface area contributed by atoms with Gasteiger partial charge in [0.05, 0.1) is 0 Å². The molecule has 1 N–H and O–H groups in total. The van der Waals surface area contributed by atoms with Gasteiger partial charge in [0.15, 0.2) is 5.82 Å². The van der Waals surface area contributed by atoms with Gasteiger partial charge in [-0.25, -0.2) is 4.98 Å². The Morgan fingerprint density at radius 3 is 3.05 bits per heavy atom. The fraction of sp³-hybridized carbons (Fsp3) is 0.733. The van der Waals surface area contributed by atoms with Crippen LogP contribution in [-0.4, -0.2) is 34.7 Å². The first-order chi connectivity index (χ1) is 9.81. The quantitative estimate of drug-likeness (QED) is 0.902. The van der Waals surface area contributed by atoms with Crippen molar-refractivity contribution in [2.45, 2.75) is 57.7 Å². The van der Waals surface area contributed by atoms with Crippen molar-refractivity contribution in [3.8, 4) is 0 Å². The van der Waals surface area contributed by atoms with Gasteiger partial charge in [0.1, 0.15) is 0 Å². The van der Waals surface area contributed by atoms with Crippen LogP contribution in [0.25, 0.3) is 0 Å². The normalized spacial score (nSPS) is 26.4. The average molecular weight is 276 g/mol. The predicted molar refractivity (Wildman–Crippen MR) is 80.2 cm³/mol. The minimum absolute atomic E-state index is 0.0687. The van der Waals surface area contributed by atoms with Gasteiger partial charge in [-0.3, -0.25) is 4.79 Å². The van der Waals surface area contributed by atoms with Crippen molar-refractivity contribution in [1.82, 2.24) is 14.9 Å². The maximum atomic E-state index is 12.5. The highest BCUT2D eigenvalue weighted by Gasteiger charge is 2.35. The second kappa shape index (κ2) is 5.95. The van der Waals surface area contributed by atoms with Crippen LogP contribution in [0, 0.1) is 0 Å². The van der Waals surface area contributed by atoms with Crippen molar-refractivity contribution in [3.63, 3.8) is 0 Å². The van der Waals surface area contributed by atoms with Crippen LogP contribution in [0.1, 0.15) is 39.0 Å². The smallest absolute Gasteiger partial charge is 0.293 e. The molecule has 0 bridgehead atoms. The Hall–Kier alpha value is -1.36. The van der Waals surface area contributed by atoms with Crippen LogP contribution >= 0.6 is 0 Å². The zero-order chi connectivity index (χ0) is 13.9. The molecule has 2 fully saturated rings. The standard InChI is InChI=1S/C15H24N4O/c1-2-9-18-11-8-17-14(15(18)20)19-10-4-6-13(19)12-5-3-7-16-12/h8,11-13,16H,2-7,9-10H2,1H3. The Morgan fingerprint density at radius 1 is 1.40 bits per heavy atom. The van der Waals surface area contributed by atoms with E-state index in [2.05, 4.69) is 22.1 Å². The minimum atomic E-state index is 0.0687. The van der Waals surface area contributed by atoms with Gasteiger partial charge in [0.25, 0.3) is 5.56 Å². The highest BCUT2D eigenvalue weighted by molar-refractivity contribution is 5.39. The van der Waals surface area contributed by atoms with Crippen molar-refractivity contribution in [3.05, 3.63) is 22.7 Å². The maximum absolute atomic E-state index is 12.5. The summed E-state index contributed by atoms with van der Waals surface area (Å²) in [4.78, 5) is 19.2. The highest BCUT2D eigenvalue weighted by atomic mass is 16.1. The van der Waals surface area contributed by atoms with Gasteiger partial charge in [0, 0.05) is 37.6 Å². The van der Waals surface area contributed by atoms with Gasteiger partial charge in [-0.1, -0.05) is 6.92 Å². The average Bonchev–Trinajstić information content (AvgIpc) is 3.10. The van der Waals surface area contributed by atoms with Crippen LogP contribution < -0.4 is 15.8 Å². The molecule has 2 unspecified atom stereocenters. The van der Waals surface area contributed by atoms with E-state index in [-0.39, 0.29) is 5.56 Å². The molecule has 2 atom stereocenters. The SMILES string of the molecule is CCCn1ccnc(N2CCCC2C2CCCN2)c1=O. The molecule has 0 spiro atoms.